The van der Waals surface area contributed by atoms with Crippen molar-refractivity contribution in [3.63, 3.8) is 0 Å². The zero-order valence-corrected chi connectivity index (χ0v) is 12.6. The Kier molecular flexibility index (Phi) is 3.95. The molecular formula is C17H17ClN2O. The summed E-state index contributed by atoms with van der Waals surface area (Å²) in [5.74, 6) is -0.126. The molecule has 1 aliphatic heterocycles. The van der Waals surface area contributed by atoms with Crippen molar-refractivity contribution in [1.82, 2.24) is 5.32 Å². The van der Waals surface area contributed by atoms with Gasteiger partial charge in [-0.2, -0.15) is 0 Å². The standard InChI is InChI=1S/C17H17ClN2O/c1-11-15(3-2-4-16(11)18)17(21)20-14-6-5-12-7-8-19-10-13(12)9-14/h2-6,9,19H,7-8,10H2,1H3,(H,20,21). The van der Waals surface area contributed by atoms with Crippen LogP contribution in [0.25, 0.3) is 0 Å². The minimum absolute atomic E-state index is 0.126. The maximum atomic E-state index is 12.4. The van der Waals surface area contributed by atoms with Crippen LogP contribution < -0.4 is 10.6 Å². The molecule has 0 unspecified atom stereocenters. The Morgan fingerprint density at radius 3 is 2.95 bits per heavy atom. The topological polar surface area (TPSA) is 41.1 Å². The van der Waals surface area contributed by atoms with Crippen molar-refractivity contribution < 1.29 is 4.79 Å². The van der Waals surface area contributed by atoms with Gasteiger partial charge in [-0.3, -0.25) is 4.79 Å². The van der Waals surface area contributed by atoms with E-state index in [9.17, 15) is 4.79 Å². The predicted molar refractivity (Wildman–Crippen MR) is 86.0 cm³/mol. The summed E-state index contributed by atoms with van der Waals surface area (Å²) in [7, 11) is 0. The molecule has 3 nitrogen and oxygen atoms in total. The average molecular weight is 301 g/mol. The van der Waals surface area contributed by atoms with E-state index in [0.29, 0.717) is 10.6 Å². The van der Waals surface area contributed by atoms with E-state index in [4.69, 9.17) is 11.6 Å². The van der Waals surface area contributed by atoms with Crippen molar-refractivity contribution in [3.8, 4) is 0 Å². The van der Waals surface area contributed by atoms with Crippen LogP contribution in [0.4, 0.5) is 5.69 Å². The Hall–Kier alpha value is -1.84. The number of benzene rings is 2. The number of rotatable bonds is 2. The summed E-state index contributed by atoms with van der Waals surface area (Å²) >= 11 is 6.07. The van der Waals surface area contributed by atoms with E-state index in [2.05, 4.69) is 16.7 Å². The molecule has 1 aliphatic rings. The van der Waals surface area contributed by atoms with E-state index >= 15 is 0 Å². The Balaban J connectivity index is 1.83. The first kappa shape index (κ1) is 14.1. The monoisotopic (exact) mass is 300 g/mol. The lowest BCUT2D eigenvalue weighted by atomic mass is 10.0. The van der Waals surface area contributed by atoms with Gasteiger partial charge in [-0.1, -0.05) is 23.7 Å². The van der Waals surface area contributed by atoms with Gasteiger partial charge in [0.25, 0.3) is 5.91 Å². The first-order valence-corrected chi connectivity index (χ1v) is 7.42. The molecule has 0 bridgehead atoms. The Morgan fingerprint density at radius 2 is 2.10 bits per heavy atom. The van der Waals surface area contributed by atoms with Crippen LogP contribution in [0.2, 0.25) is 5.02 Å². The largest absolute Gasteiger partial charge is 0.322 e. The van der Waals surface area contributed by atoms with Gasteiger partial charge in [0, 0.05) is 22.8 Å². The van der Waals surface area contributed by atoms with Crippen molar-refractivity contribution >= 4 is 23.2 Å². The summed E-state index contributed by atoms with van der Waals surface area (Å²) < 4.78 is 0. The molecule has 21 heavy (non-hydrogen) atoms. The number of amides is 1. The molecule has 4 heteroatoms. The van der Waals surface area contributed by atoms with Gasteiger partial charge < -0.3 is 10.6 Å². The summed E-state index contributed by atoms with van der Waals surface area (Å²) in [6.45, 7) is 3.73. The Labute approximate surface area is 129 Å². The Bertz CT molecular complexity index is 697. The molecule has 0 radical (unpaired) electrons. The molecule has 0 spiro atoms. The predicted octanol–water partition coefficient (Wildman–Crippen LogP) is 3.55. The van der Waals surface area contributed by atoms with Crippen LogP contribution in [-0.4, -0.2) is 12.5 Å². The molecule has 0 saturated heterocycles. The number of carbonyl (C=O) groups is 1. The van der Waals surface area contributed by atoms with Crippen LogP contribution >= 0.6 is 11.6 Å². The maximum Gasteiger partial charge on any atom is 0.255 e. The fourth-order valence-corrected chi connectivity index (χ4v) is 2.78. The third-order valence-electron chi connectivity index (χ3n) is 3.86. The van der Waals surface area contributed by atoms with Gasteiger partial charge in [0.05, 0.1) is 0 Å². The molecule has 0 saturated carbocycles. The van der Waals surface area contributed by atoms with Gasteiger partial charge in [0.15, 0.2) is 0 Å². The quantitative estimate of drug-likeness (QED) is 0.890. The molecule has 108 valence electrons. The van der Waals surface area contributed by atoms with E-state index in [0.717, 1.165) is 30.8 Å². The highest BCUT2D eigenvalue weighted by Gasteiger charge is 2.13. The number of hydrogen-bond donors (Lipinski definition) is 2. The van der Waals surface area contributed by atoms with Crippen molar-refractivity contribution in [1.29, 1.82) is 0 Å². The lowest BCUT2D eigenvalue weighted by Gasteiger charge is -2.18. The number of halogens is 1. The smallest absolute Gasteiger partial charge is 0.255 e. The SMILES string of the molecule is Cc1c(Cl)cccc1C(=O)Nc1ccc2c(c1)CNCC2. The van der Waals surface area contributed by atoms with Gasteiger partial charge in [-0.25, -0.2) is 0 Å². The summed E-state index contributed by atoms with van der Waals surface area (Å²) in [6, 6.07) is 11.5. The molecular weight excluding hydrogens is 284 g/mol. The van der Waals surface area contributed by atoms with E-state index < -0.39 is 0 Å². The fraction of sp³-hybridized carbons (Fsp3) is 0.235. The van der Waals surface area contributed by atoms with Crippen LogP contribution in [-0.2, 0) is 13.0 Å². The third-order valence-corrected chi connectivity index (χ3v) is 4.27. The van der Waals surface area contributed by atoms with E-state index in [-0.39, 0.29) is 5.91 Å². The van der Waals surface area contributed by atoms with Crippen molar-refractivity contribution in [3.05, 3.63) is 63.7 Å². The van der Waals surface area contributed by atoms with Gasteiger partial charge in [-0.05, 0) is 60.8 Å². The first-order valence-electron chi connectivity index (χ1n) is 7.04. The van der Waals surface area contributed by atoms with E-state index in [1.54, 1.807) is 18.2 Å². The number of anilines is 1. The molecule has 2 aromatic carbocycles. The zero-order chi connectivity index (χ0) is 14.8. The minimum Gasteiger partial charge on any atom is -0.322 e. The summed E-state index contributed by atoms with van der Waals surface area (Å²) in [5.41, 5.74) is 4.84. The molecule has 3 rings (SSSR count). The molecule has 2 aromatic rings. The second kappa shape index (κ2) is 5.88. The summed E-state index contributed by atoms with van der Waals surface area (Å²) in [6.07, 6.45) is 1.04. The average Bonchev–Trinajstić information content (AvgIpc) is 2.50. The number of fused-ring (bicyclic) bond motifs is 1. The van der Waals surface area contributed by atoms with Crippen molar-refractivity contribution in [2.24, 2.45) is 0 Å². The van der Waals surface area contributed by atoms with Crippen molar-refractivity contribution in [2.75, 3.05) is 11.9 Å². The third kappa shape index (κ3) is 2.94. The maximum absolute atomic E-state index is 12.4. The molecule has 1 amide bonds. The molecule has 1 heterocycles. The number of carbonyl (C=O) groups excluding carboxylic acids is 1. The fourth-order valence-electron chi connectivity index (χ4n) is 2.61. The number of hydrogen-bond acceptors (Lipinski definition) is 2. The molecule has 0 fully saturated rings. The van der Waals surface area contributed by atoms with Gasteiger partial charge in [0.2, 0.25) is 0 Å². The van der Waals surface area contributed by atoms with Crippen LogP contribution in [0.5, 0.6) is 0 Å². The van der Waals surface area contributed by atoms with Gasteiger partial charge >= 0.3 is 0 Å². The molecule has 0 aromatic heterocycles. The van der Waals surface area contributed by atoms with Crippen LogP contribution in [0.1, 0.15) is 27.0 Å². The van der Waals surface area contributed by atoms with Crippen molar-refractivity contribution in [2.45, 2.75) is 19.9 Å². The first-order chi connectivity index (χ1) is 10.1. The molecule has 0 atom stereocenters. The van der Waals surface area contributed by atoms with Crippen LogP contribution in [0.3, 0.4) is 0 Å². The van der Waals surface area contributed by atoms with Crippen LogP contribution in [0, 0.1) is 6.92 Å². The van der Waals surface area contributed by atoms with E-state index in [1.165, 1.54) is 11.1 Å². The summed E-state index contributed by atoms with van der Waals surface area (Å²) in [5, 5.41) is 6.90. The molecule has 2 N–H and O–H groups in total. The second-order valence-electron chi connectivity index (χ2n) is 5.28. The zero-order valence-electron chi connectivity index (χ0n) is 11.9. The van der Waals surface area contributed by atoms with Gasteiger partial charge in [-0.15, -0.1) is 0 Å². The normalized spacial score (nSPS) is 13.6. The lowest BCUT2D eigenvalue weighted by molar-refractivity contribution is 0.102. The summed E-state index contributed by atoms with van der Waals surface area (Å²) in [4.78, 5) is 12.4. The molecule has 0 aliphatic carbocycles. The highest BCUT2D eigenvalue weighted by Crippen LogP contribution is 2.22. The number of nitrogens with one attached hydrogen (secondary N) is 2. The van der Waals surface area contributed by atoms with Crippen LogP contribution in [0.15, 0.2) is 36.4 Å². The highest BCUT2D eigenvalue weighted by molar-refractivity contribution is 6.32. The Morgan fingerprint density at radius 1 is 1.24 bits per heavy atom. The van der Waals surface area contributed by atoms with Gasteiger partial charge in [0.1, 0.15) is 0 Å². The second-order valence-corrected chi connectivity index (χ2v) is 5.68. The lowest BCUT2D eigenvalue weighted by Crippen LogP contribution is -2.23. The highest BCUT2D eigenvalue weighted by atomic mass is 35.5. The minimum atomic E-state index is -0.126. The van der Waals surface area contributed by atoms with E-state index in [1.807, 2.05) is 19.1 Å².